The molecule has 3 rings (SSSR count). The molecule has 3 aromatic rings. The van der Waals surface area contributed by atoms with E-state index in [0.717, 1.165) is 5.69 Å². The monoisotopic (exact) mass is 363 g/mol. The Morgan fingerprint density at radius 3 is 2.59 bits per heavy atom. The molecule has 0 bridgehead atoms. The lowest BCUT2D eigenvalue weighted by Gasteiger charge is -2.12. The number of para-hydroxylation sites is 2. The Labute approximate surface area is 158 Å². The van der Waals surface area contributed by atoms with Crippen molar-refractivity contribution < 1.29 is 14.3 Å². The summed E-state index contributed by atoms with van der Waals surface area (Å²) in [4.78, 5) is 16.6. The predicted molar refractivity (Wildman–Crippen MR) is 105 cm³/mol. The van der Waals surface area contributed by atoms with Crippen LogP contribution >= 0.6 is 0 Å². The molecule has 2 aromatic carbocycles. The number of pyridine rings is 1. The molecule has 1 aromatic heterocycles. The molecule has 0 radical (unpaired) electrons. The molecule has 0 saturated carbocycles. The molecule has 1 amide bonds. The van der Waals surface area contributed by atoms with Gasteiger partial charge in [0.15, 0.2) is 11.5 Å². The van der Waals surface area contributed by atoms with Crippen molar-refractivity contribution in [2.45, 2.75) is 13.8 Å². The lowest BCUT2D eigenvalue weighted by molar-refractivity contribution is 0.102. The van der Waals surface area contributed by atoms with Gasteiger partial charge in [0.2, 0.25) is 0 Å². The fourth-order valence-corrected chi connectivity index (χ4v) is 2.54. The van der Waals surface area contributed by atoms with Crippen molar-refractivity contribution >= 4 is 17.4 Å². The standard InChI is InChI=1S/C21H21N3O3/c1-3-26-18-9-4-5-10-19(18)27-16-8-6-7-15(13-16)24-21(25)17-12-11-14(2)23-20(17)22/h4-13H,3H2,1-2H3,(H2,22,23)(H,24,25). The highest BCUT2D eigenvalue weighted by Crippen LogP contribution is 2.32. The first-order chi connectivity index (χ1) is 13.1. The maximum absolute atomic E-state index is 12.5. The van der Waals surface area contributed by atoms with Crippen molar-refractivity contribution in [2.24, 2.45) is 0 Å². The van der Waals surface area contributed by atoms with E-state index in [1.54, 1.807) is 36.4 Å². The van der Waals surface area contributed by atoms with Crippen molar-refractivity contribution in [2.75, 3.05) is 17.7 Å². The van der Waals surface area contributed by atoms with E-state index in [1.807, 2.05) is 38.1 Å². The highest BCUT2D eigenvalue weighted by molar-refractivity contribution is 6.07. The SMILES string of the molecule is CCOc1ccccc1Oc1cccc(NC(=O)c2ccc(C)nc2N)c1. The second kappa shape index (κ2) is 8.23. The third-order valence-electron chi connectivity index (χ3n) is 3.78. The molecule has 0 aliphatic heterocycles. The molecule has 27 heavy (non-hydrogen) atoms. The Morgan fingerprint density at radius 1 is 1.07 bits per heavy atom. The largest absolute Gasteiger partial charge is 0.490 e. The summed E-state index contributed by atoms with van der Waals surface area (Å²) in [6.45, 7) is 4.28. The summed E-state index contributed by atoms with van der Waals surface area (Å²) in [7, 11) is 0. The maximum atomic E-state index is 12.5. The summed E-state index contributed by atoms with van der Waals surface area (Å²) < 4.78 is 11.5. The first-order valence-corrected chi connectivity index (χ1v) is 8.61. The number of ether oxygens (including phenoxy) is 2. The zero-order valence-electron chi connectivity index (χ0n) is 15.2. The van der Waals surface area contributed by atoms with Crippen LogP contribution in [0.15, 0.2) is 60.7 Å². The summed E-state index contributed by atoms with van der Waals surface area (Å²) in [5.41, 5.74) is 7.52. The molecule has 0 unspecified atom stereocenters. The number of amides is 1. The quantitative estimate of drug-likeness (QED) is 0.677. The van der Waals surface area contributed by atoms with Crippen LogP contribution in [-0.4, -0.2) is 17.5 Å². The van der Waals surface area contributed by atoms with Gasteiger partial charge in [-0.3, -0.25) is 4.79 Å². The number of nitrogens with one attached hydrogen (secondary N) is 1. The highest BCUT2D eigenvalue weighted by atomic mass is 16.5. The van der Waals surface area contributed by atoms with E-state index in [-0.39, 0.29) is 11.7 Å². The normalized spacial score (nSPS) is 10.3. The number of benzene rings is 2. The minimum atomic E-state index is -0.327. The van der Waals surface area contributed by atoms with Gasteiger partial charge in [0.25, 0.3) is 5.91 Å². The minimum absolute atomic E-state index is 0.200. The molecular formula is C21H21N3O3. The lowest BCUT2D eigenvalue weighted by atomic mass is 10.2. The fourth-order valence-electron chi connectivity index (χ4n) is 2.54. The summed E-state index contributed by atoms with van der Waals surface area (Å²) in [6, 6.07) is 17.9. The number of aromatic nitrogens is 1. The van der Waals surface area contributed by atoms with Gasteiger partial charge in [-0.1, -0.05) is 18.2 Å². The molecule has 0 spiro atoms. The molecule has 0 aliphatic rings. The first-order valence-electron chi connectivity index (χ1n) is 8.61. The highest BCUT2D eigenvalue weighted by Gasteiger charge is 2.12. The number of carbonyl (C=O) groups excluding carboxylic acids is 1. The molecule has 6 nitrogen and oxygen atoms in total. The van der Waals surface area contributed by atoms with Crippen LogP contribution < -0.4 is 20.5 Å². The smallest absolute Gasteiger partial charge is 0.259 e. The number of hydrogen-bond donors (Lipinski definition) is 2. The number of anilines is 2. The number of nitrogen functional groups attached to an aromatic ring is 1. The minimum Gasteiger partial charge on any atom is -0.490 e. The van der Waals surface area contributed by atoms with E-state index >= 15 is 0 Å². The zero-order valence-corrected chi connectivity index (χ0v) is 15.2. The van der Waals surface area contributed by atoms with E-state index in [0.29, 0.717) is 35.1 Å². The predicted octanol–water partition coefficient (Wildman–Crippen LogP) is 4.42. The van der Waals surface area contributed by atoms with Gasteiger partial charge in [0.1, 0.15) is 11.6 Å². The number of hydrogen-bond acceptors (Lipinski definition) is 5. The van der Waals surface area contributed by atoms with E-state index in [9.17, 15) is 4.79 Å². The molecule has 1 heterocycles. The zero-order chi connectivity index (χ0) is 19.2. The molecule has 0 saturated heterocycles. The summed E-state index contributed by atoms with van der Waals surface area (Å²) >= 11 is 0. The third-order valence-corrected chi connectivity index (χ3v) is 3.78. The lowest BCUT2D eigenvalue weighted by Crippen LogP contribution is -2.15. The van der Waals surface area contributed by atoms with Crippen LogP contribution in [0.2, 0.25) is 0 Å². The number of rotatable bonds is 6. The van der Waals surface area contributed by atoms with E-state index in [1.165, 1.54) is 0 Å². The van der Waals surface area contributed by atoms with Crippen LogP contribution in [0.4, 0.5) is 11.5 Å². The van der Waals surface area contributed by atoms with Gasteiger partial charge in [0, 0.05) is 17.4 Å². The van der Waals surface area contributed by atoms with Crippen LogP contribution in [0, 0.1) is 6.92 Å². The Morgan fingerprint density at radius 2 is 1.85 bits per heavy atom. The Hall–Kier alpha value is -3.54. The van der Waals surface area contributed by atoms with E-state index < -0.39 is 0 Å². The van der Waals surface area contributed by atoms with Crippen LogP contribution in [0.1, 0.15) is 23.0 Å². The van der Waals surface area contributed by atoms with Gasteiger partial charge >= 0.3 is 0 Å². The van der Waals surface area contributed by atoms with E-state index in [2.05, 4.69) is 10.3 Å². The second-order valence-corrected chi connectivity index (χ2v) is 5.85. The van der Waals surface area contributed by atoms with Crippen molar-refractivity contribution in [1.82, 2.24) is 4.98 Å². The molecular weight excluding hydrogens is 342 g/mol. The van der Waals surface area contributed by atoms with Crippen molar-refractivity contribution in [3.63, 3.8) is 0 Å². The topological polar surface area (TPSA) is 86.5 Å². The second-order valence-electron chi connectivity index (χ2n) is 5.85. The number of nitrogens with two attached hydrogens (primary N) is 1. The average molecular weight is 363 g/mol. The van der Waals surface area contributed by atoms with Crippen molar-refractivity contribution in [3.8, 4) is 17.2 Å². The van der Waals surface area contributed by atoms with Gasteiger partial charge in [-0.25, -0.2) is 4.98 Å². The van der Waals surface area contributed by atoms with Crippen LogP contribution in [0.25, 0.3) is 0 Å². The summed E-state index contributed by atoms with van der Waals surface area (Å²) in [5.74, 6) is 1.72. The van der Waals surface area contributed by atoms with Crippen LogP contribution in [0.5, 0.6) is 17.2 Å². The van der Waals surface area contributed by atoms with Crippen LogP contribution in [-0.2, 0) is 0 Å². The Kier molecular flexibility index (Phi) is 5.56. The Bertz CT molecular complexity index is 957. The summed E-state index contributed by atoms with van der Waals surface area (Å²) in [5, 5.41) is 2.81. The first kappa shape index (κ1) is 18.3. The van der Waals surface area contributed by atoms with Crippen molar-refractivity contribution in [1.29, 1.82) is 0 Å². The number of carbonyl (C=O) groups is 1. The average Bonchev–Trinajstić information content (AvgIpc) is 2.64. The van der Waals surface area contributed by atoms with Crippen molar-refractivity contribution in [3.05, 3.63) is 71.9 Å². The molecule has 0 fully saturated rings. The van der Waals surface area contributed by atoms with Crippen LogP contribution in [0.3, 0.4) is 0 Å². The third kappa shape index (κ3) is 4.55. The Balaban J connectivity index is 1.77. The molecule has 0 aliphatic carbocycles. The number of nitrogens with zero attached hydrogens (tertiary/aromatic N) is 1. The summed E-state index contributed by atoms with van der Waals surface area (Å²) in [6.07, 6.45) is 0. The molecule has 0 atom stereocenters. The fraction of sp³-hybridized carbons (Fsp3) is 0.143. The van der Waals surface area contributed by atoms with E-state index in [4.69, 9.17) is 15.2 Å². The molecule has 3 N–H and O–H groups in total. The molecule has 6 heteroatoms. The number of aryl methyl sites for hydroxylation is 1. The maximum Gasteiger partial charge on any atom is 0.259 e. The van der Waals surface area contributed by atoms with Gasteiger partial charge in [-0.2, -0.15) is 0 Å². The van der Waals surface area contributed by atoms with Gasteiger partial charge in [-0.15, -0.1) is 0 Å². The van der Waals surface area contributed by atoms with Gasteiger partial charge in [-0.05, 0) is 50.2 Å². The van der Waals surface area contributed by atoms with Gasteiger partial charge in [0.05, 0.1) is 12.2 Å². The van der Waals surface area contributed by atoms with Gasteiger partial charge < -0.3 is 20.5 Å². The molecule has 138 valence electrons.